The van der Waals surface area contributed by atoms with E-state index in [1.54, 1.807) is 14.0 Å². The standard InChI is InChI=1S/C7H10BrN3O3/c1-3-14-7(13)5(12)4-6(8)9-10-11(4)2/h5,12H,3H2,1-2H3. The Balaban J connectivity index is 2.88. The Bertz CT molecular complexity index is 319. The number of rotatable bonds is 3. The highest BCUT2D eigenvalue weighted by atomic mass is 79.9. The van der Waals surface area contributed by atoms with E-state index in [-0.39, 0.29) is 12.3 Å². The molecule has 0 aliphatic heterocycles. The Morgan fingerprint density at radius 2 is 2.43 bits per heavy atom. The lowest BCUT2D eigenvalue weighted by atomic mass is 10.3. The molecular weight excluding hydrogens is 254 g/mol. The second-order valence-corrected chi connectivity index (χ2v) is 3.29. The highest BCUT2D eigenvalue weighted by Crippen LogP contribution is 2.20. The van der Waals surface area contributed by atoms with Crippen LogP contribution in [0.25, 0.3) is 0 Å². The summed E-state index contributed by atoms with van der Waals surface area (Å²) in [4.78, 5) is 11.2. The van der Waals surface area contributed by atoms with E-state index in [4.69, 9.17) is 0 Å². The Kier molecular flexibility index (Phi) is 3.59. The Labute approximate surface area is 89.0 Å². The van der Waals surface area contributed by atoms with Crippen LogP contribution in [0.1, 0.15) is 18.7 Å². The van der Waals surface area contributed by atoms with Gasteiger partial charge in [0.2, 0.25) is 0 Å². The molecule has 1 unspecified atom stereocenters. The lowest BCUT2D eigenvalue weighted by Crippen LogP contribution is -2.18. The third-order valence-electron chi connectivity index (χ3n) is 1.60. The van der Waals surface area contributed by atoms with Gasteiger partial charge in [0, 0.05) is 7.05 Å². The molecule has 0 aliphatic rings. The largest absolute Gasteiger partial charge is 0.464 e. The predicted molar refractivity (Wildman–Crippen MR) is 50.3 cm³/mol. The number of hydrogen-bond acceptors (Lipinski definition) is 5. The normalized spacial score (nSPS) is 12.6. The fourth-order valence-corrected chi connectivity index (χ4v) is 1.51. The number of aliphatic hydroxyl groups excluding tert-OH is 1. The molecule has 7 heteroatoms. The van der Waals surface area contributed by atoms with Crippen LogP contribution in [0.2, 0.25) is 0 Å². The summed E-state index contributed by atoms with van der Waals surface area (Å²) in [5.74, 6) is -0.710. The van der Waals surface area contributed by atoms with Crippen LogP contribution >= 0.6 is 15.9 Å². The van der Waals surface area contributed by atoms with E-state index in [2.05, 4.69) is 31.0 Å². The monoisotopic (exact) mass is 263 g/mol. The molecule has 1 atom stereocenters. The van der Waals surface area contributed by atoms with Gasteiger partial charge < -0.3 is 9.84 Å². The topological polar surface area (TPSA) is 77.2 Å². The molecule has 1 heterocycles. The first-order chi connectivity index (χ1) is 6.57. The van der Waals surface area contributed by atoms with Crippen LogP contribution in [0, 0.1) is 0 Å². The molecule has 14 heavy (non-hydrogen) atoms. The van der Waals surface area contributed by atoms with Gasteiger partial charge in [-0.3, -0.25) is 0 Å². The van der Waals surface area contributed by atoms with E-state index in [1.807, 2.05) is 0 Å². The van der Waals surface area contributed by atoms with Crippen molar-refractivity contribution in [1.29, 1.82) is 0 Å². The molecule has 78 valence electrons. The minimum Gasteiger partial charge on any atom is -0.464 e. The first-order valence-corrected chi connectivity index (χ1v) is 4.77. The molecule has 1 rings (SSSR count). The first-order valence-electron chi connectivity index (χ1n) is 3.97. The number of aliphatic hydroxyl groups is 1. The van der Waals surface area contributed by atoms with Crippen molar-refractivity contribution >= 4 is 21.9 Å². The zero-order valence-electron chi connectivity index (χ0n) is 7.77. The van der Waals surface area contributed by atoms with Crippen LogP contribution in [-0.4, -0.2) is 32.7 Å². The van der Waals surface area contributed by atoms with Gasteiger partial charge in [-0.05, 0) is 22.9 Å². The summed E-state index contributed by atoms with van der Waals surface area (Å²) < 4.78 is 6.30. The van der Waals surface area contributed by atoms with Crippen LogP contribution in [0.3, 0.4) is 0 Å². The lowest BCUT2D eigenvalue weighted by molar-refractivity contribution is -0.153. The number of halogens is 1. The number of esters is 1. The number of aryl methyl sites for hydroxylation is 1. The van der Waals surface area contributed by atoms with Crippen LogP contribution in [0.15, 0.2) is 4.60 Å². The number of aromatic nitrogens is 3. The van der Waals surface area contributed by atoms with Crippen molar-refractivity contribution in [3.05, 3.63) is 10.3 Å². The average Bonchev–Trinajstić information content (AvgIpc) is 2.46. The maximum absolute atomic E-state index is 11.2. The highest BCUT2D eigenvalue weighted by Gasteiger charge is 2.25. The Hall–Kier alpha value is -0.950. The maximum atomic E-state index is 11.2. The van der Waals surface area contributed by atoms with Crippen molar-refractivity contribution in [2.75, 3.05) is 6.61 Å². The van der Waals surface area contributed by atoms with E-state index in [0.717, 1.165) is 0 Å². The van der Waals surface area contributed by atoms with Crippen LogP contribution in [0.5, 0.6) is 0 Å². The van der Waals surface area contributed by atoms with E-state index < -0.39 is 12.1 Å². The summed E-state index contributed by atoms with van der Waals surface area (Å²) in [6.07, 6.45) is -1.36. The molecule has 1 aromatic heterocycles. The van der Waals surface area contributed by atoms with E-state index >= 15 is 0 Å². The average molecular weight is 264 g/mol. The maximum Gasteiger partial charge on any atom is 0.341 e. The van der Waals surface area contributed by atoms with Crippen molar-refractivity contribution in [1.82, 2.24) is 15.0 Å². The second kappa shape index (κ2) is 4.52. The molecule has 0 aromatic carbocycles. The quantitative estimate of drug-likeness (QED) is 0.787. The van der Waals surface area contributed by atoms with Gasteiger partial charge in [0.15, 0.2) is 10.7 Å². The molecule has 0 fully saturated rings. The van der Waals surface area contributed by atoms with Crippen molar-refractivity contribution < 1.29 is 14.6 Å². The lowest BCUT2D eigenvalue weighted by Gasteiger charge is -2.09. The van der Waals surface area contributed by atoms with Gasteiger partial charge >= 0.3 is 5.97 Å². The van der Waals surface area contributed by atoms with Gasteiger partial charge in [0.25, 0.3) is 0 Å². The SMILES string of the molecule is CCOC(=O)C(O)c1c(Br)nnn1C. The summed E-state index contributed by atoms with van der Waals surface area (Å²) in [6.45, 7) is 1.89. The number of carbonyl (C=O) groups excluding carboxylic acids is 1. The third-order valence-corrected chi connectivity index (χ3v) is 2.16. The van der Waals surface area contributed by atoms with Crippen LogP contribution in [0.4, 0.5) is 0 Å². The molecule has 0 radical (unpaired) electrons. The number of nitrogens with zero attached hydrogens (tertiary/aromatic N) is 3. The predicted octanol–water partition coefficient (Wildman–Crippen LogP) is 0.174. The fraction of sp³-hybridized carbons (Fsp3) is 0.571. The summed E-state index contributed by atoms with van der Waals surface area (Å²) in [7, 11) is 1.58. The Morgan fingerprint density at radius 1 is 1.79 bits per heavy atom. The van der Waals surface area contributed by atoms with Crippen molar-refractivity contribution in [2.24, 2.45) is 7.05 Å². The molecule has 0 spiro atoms. The molecule has 0 amide bonds. The van der Waals surface area contributed by atoms with Crippen molar-refractivity contribution in [3.8, 4) is 0 Å². The van der Waals surface area contributed by atoms with Gasteiger partial charge in [-0.1, -0.05) is 5.21 Å². The zero-order chi connectivity index (χ0) is 10.7. The summed E-state index contributed by atoms with van der Waals surface area (Å²) in [6, 6.07) is 0. The van der Waals surface area contributed by atoms with Gasteiger partial charge in [-0.2, -0.15) is 0 Å². The zero-order valence-corrected chi connectivity index (χ0v) is 9.35. The van der Waals surface area contributed by atoms with Crippen LogP contribution < -0.4 is 0 Å². The van der Waals surface area contributed by atoms with Gasteiger partial charge in [-0.15, -0.1) is 5.10 Å². The second-order valence-electron chi connectivity index (χ2n) is 2.54. The number of carbonyl (C=O) groups is 1. The smallest absolute Gasteiger partial charge is 0.341 e. The van der Waals surface area contributed by atoms with Crippen LogP contribution in [-0.2, 0) is 16.6 Å². The molecule has 0 saturated carbocycles. The molecule has 1 aromatic rings. The van der Waals surface area contributed by atoms with Crippen molar-refractivity contribution in [2.45, 2.75) is 13.0 Å². The Morgan fingerprint density at radius 3 is 2.86 bits per heavy atom. The molecular formula is C7H10BrN3O3. The van der Waals surface area contributed by atoms with Crippen molar-refractivity contribution in [3.63, 3.8) is 0 Å². The summed E-state index contributed by atoms with van der Waals surface area (Å²) >= 11 is 3.07. The summed E-state index contributed by atoms with van der Waals surface area (Å²) in [5.41, 5.74) is 0.281. The highest BCUT2D eigenvalue weighted by molar-refractivity contribution is 9.10. The molecule has 0 saturated heterocycles. The van der Waals surface area contributed by atoms with E-state index in [1.165, 1.54) is 4.68 Å². The minimum atomic E-state index is -1.36. The molecule has 0 bridgehead atoms. The van der Waals surface area contributed by atoms with E-state index in [9.17, 15) is 9.90 Å². The van der Waals surface area contributed by atoms with Gasteiger partial charge in [-0.25, -0.2) is 9.48 Å². The number of hydrogen-bond donors (Lipinski definition) is 1. The van der Waals surface area contributed by atoms with E-state index in [0.29, 0.717) is 4.60 Å². The fourth-order valence-electron chi connectivity index (χ4n) is 0.962. The van der Waals surface area contributed by atoms with Gasteiger partial charge in [0.05, 0.1) is 6.61 Å². The third kappa shape index (κ3) is 2.10. The molecule has 6 nitrogen and oxygen atoms in total. The summed E-state index contributed by atoms with van der Waals surface area (Å²) in [5, 5.41) is 16.8. The molecule has 0 aliphatic carbocycles. The van der Waals surface area contributed by atoms with Gasteiger partial charge in [0.1, 0.15) is 5.69 Å². The number of ether oxygens (including phenoxy) is 1. The first kappa shape index (κ1) is 11.1. The molecule has 1 N–H and O–H groups in total. The minimum absolute atomic E-state index is 0.221.